The zero-order valence-corrected chi connectivity index (χ0v) is 21.6. The lowest BCUT2D eigenvalue weighted by atomic mass is 9.98. The molecule has 4 aromatic rings. The molecule has 0 amide bonds. The van der Waals surface area contributed by atoms with Gasteiger partial charge in [0.25, 0.3) is 5.56 Å². The van der Waals surface area contributed by atoms with E-state index in [0.717, 1.165) is 59.7 Å². The van der Waals surface area contributed by atoms with E-state index in [2.05, 4.69) is 52.9 Å². The third-order valence-electron chi connectivity index (χ3n) is 7.43. The van der Waals surface area contributed by atoms with Crippen LogP contribution in [0.15, 0.2) is 35.4 Å². The summed E-state index contributed by atoms with van der Waals surface area (Å²) < 4.78 is 5.04. The number of piperazine rings is 1. The normalized spacial score (nSPS) is 19.7. The van der Waals surface area contributed by atoms with Crippen LogP contribution in [0.2, 0.25) is 0 Å². The molecule has 1 aliphatic rings. The van der Waals surface area contributed by atoms with Gasteiger partial charge in [-0.2, -0.15) is 15.5 Å². The van der Waals surface area contributed by atoms with E-state index >= 15 is 0 Å². The number of anilines is 1. The number of pyridine rings is 1. The number of hydrogen-bond acceptors (Lipinski definition) is 7. The Hall–Kier alpha value is -3.71. The molecule has 0 aromatic carbocycles. The molecule has 5 rings (SSSR count). The molecule has 0 spiro atoms. The first-order chi connectivity index (χ1) is 17.3. The van der Waals surface area contributed by atoms with Crippen LogP contribution in [-0.4, -0.2) is 59.0 Å². The minimum Gasteiger partial charge on any atom is -0.364 e. The molecule has 3 atom stereocenters. The summed E-state index contributed by atoms with van der Waals surface area (Å²) in [5.74, 6) is 0. The number of fused-ring (bicyclic) bond motifs is 2. The largest absolute Gasteiger partial charge is 0.364 e. The Balaban J connectivity index is 1.50. The van der Waals surface area contributed by atoms with E-state index in [9.17, 15) is 4.79 Å². The summed E-state index contributed by atoms with van der Waals surface area (Å²) in [6.45, 7) is 10.4. The maximum Gasteiger partial charge on any atom is 0.252 e. The second-order valence-electron chi connectivity index (χ2n) is 9.77. The fourth-order valence-corrected chi connectivity index (χ4v) is 5.57. The van der Waals surface area contributed by atoms with E-state index in [0.29, 0.717) is 0 Å². The highest BCUT2D eigenvalue weighted by Crippen LogP contribution is 2.34. The summed E-state index contributed by atoms with van der Waals surface area (Å²) in [6.07, 6.45) is 5.72. The summed E-state index contributed by atoms with van der Waals surface area (Å²) in [5.41, 5.74) is 5.18. The zero-order valence-electron chi connectivity index (χ0n) is 21.6. The van der Waals surface area contributed by atoms with Gasteiger partial charge >= 0.3 is 0 Å². The van der Waals surface area contributed by atoms with Gasteiger partial charge < -0.3 is 9.47 Å². The van der Waals surface area contributed by atoms with E-state index in [1.54, 1.807) is 28.6 Å². The molecule has 0 bridgehead atoms. The smallest absolute Gasteiger partial charge is 0.252 e. The Morgan fingerprint density at radius 3 is 2.75 bits per heavy atom. The van der Waals surface area contributed by atoms with Crippen molar-refractivity contribution in [2.45, 2.75) is 65.2 Å². The maximum atomic E-state index is 12.8. The van der Waals surface area contributed by atoms with E-state index in [1.807, 2.05) is 23.7 Å². The molecule has 1 saturated heterocycles. The Morgan fingerprint density at radius 1 is 1.22 bits per heavy atom. The van der Waals surface area contributed by atoms with Gasteiger partial charge in [-0.3, -0.25) is 14.4 Å². The fraction of sp³-hybridized carbons (Fsp3) is 0.500. The van der Waals surface area contributed by atoms with Gasteiger partial charge in [-0.05, 0) is 32.8 Å². The predicted molar refractivity (Wildman–Crippen MR) is 139 cm³/mol. The van der Waals surface area contributed by atoms with E-state index in [4.69, 9.17) is 10.2 Å². The van der Waals surface area contributed by atoms with Crippen molar-refractivity contribution < 1.29 is 0 Å². The van der Waals surface area contributed by atoms with Crippen molar-refractivity contribution in [3.8, 4) is 6.07 Å². The van der Waals surface area contributed by atoms with Crippen molar-refractivity contribution in [2.75, 3.05) is 18.0 Å². The number of nitriles is 1. The quantitative estimate of drug-likeness (QED) is 0.412. The van der Waals surface area contributed by atoms with Crippen LogP contribution in [-0.2, 0) is 13.6 Å². The van der Waals surface area contributed by atoms with Crippen molar-refractivity contribution in [1.29, 1.82) is 5.26 Å². The van der Waals surface area contributed by atoms with Crippen LogP contribution in [0.5, 0.6) is 0 Å². The van der Waals surface area contributed by atoms with Crippen LogP contribution < -0.4 is 10.5 Å². The van der Waals surface area contributed by atoms with Crippen LogP contribution >= 0.6 is 0 Å². The fourth-order valence-electron chi connectivity index (χ4n) is 5.57. The van der Waals surface area contributed by atoms with Crippen LogP contribution in [0, 0.1) is 18.3 Å². The van der Waals surface area contributed by atoms with Gasteiger partial charge in [0.2, 0.25) is 0 Å². The molecule has 10 nitrogen and oxygen atoms in total. The van der Waals surface area contributed by atoms with E-state index in [-0.39, 0.29) is 30.2 Å². The van der Waals surface area contributed by atoms with Crippen LogP contribution in [0.25, 0.3) is 16.7 Å². The first-order valence-electron chi connectivity index (χ1n) is 12.6. The third kappa shape index (κ3) is 4.03. The van der Waals surface area contributed by atoms with Crippen LogP contribution in [0.1, 0.15) is 51.0 Å². The van der Waals surface area contributed by atoms with Gasteiger partial charge in [-0.1, -0.05) is 13.8 Å². The highest BCUT2D eigenvalue weighted by molar-refractivity contribution is 5.88. The average molecular weight is 488 g/mol. The zero-order chi connectivity index (χ0) is 25.6. The molecule has 4 aromatic heterocycles. The monoisotopic (exact) mass is 487 g/mol. The van der Waals surface area contributed by atoms with Gasteiger partial charge in [0.05, 0.1) is 40.9 Å². The summed E-state index contributed by atoms with van der Waals surface area (Å²) in [7, 11) is 1.75. The molecule has 36 heavy (non-hydrogen) atoms. The lowest BCUT2D eigenvalue weighted by molar-refractivity contribution is 0.0922. The number of nitrogens with zero attached hydrogens (tertiary/aromatic N) is 9. The number of hydrogen-bond donors (Lipinski definition) is 0. The SMILES string of the molecule is CC[C@@H]1CN(c2cc(=O)n(C)c3cn(CC#N)nc23)[C@@H](C)CN1[C@@H](CC)c1ccn2nc(C)cc2n1. The molecule has 10 heteroatoms. The minimum atomic E-state index is -0.0725. The van der Waals surface area contributed by atoms with E-state index in [1.165, 1.54) is 0 Å². The van der Waals surface area contributed by atoms with E-state index < -0.39 is 0 Å². The minimum absolute atomic E-state index is 0.0725. The first kappa shape index (κ1) is 24.0. The van der Waals surface area contributed by atoms with Crippen molar-refractivity contribution >= 4 is 22.4 Å². The summed E-state index contributed by atoms with van der Waals surface area (Å²) in [5, 5.41) is 18.3. The molecular weight excluding hydrogens is 454 g/mol. The number of rotatable bonds is 6. The molecule has 0 N–H and O–H groups in total. The molecule has 0 radical (unpaired) electrons. The van der Waals surface area contributed by atoms with Crippen molar-refractivity contribution in [3.63, 3.8) is 0 Å². The van der Waals surface area contributed by atoms with Crippen molar-refractivity contribution in [1.82, 2.24) is 33.8 Å². The molecule has 0 aliphatic carbocycles. The van der Waals surface area contributed by atoms with Gasteiger partial charge in [0.15, 0.2) is 5.65 Å². The summed E-state index contributed by atoms with van der Waals surface area (Å²) in [6, 6.07) is 8.58. The van der Waals surface area contributed by atoms with Crippen LogP contribution in [0.3, 0.4) is 0 Å². The Labute approximate surface area is 210 Å². The predicted octanol–water partition coefficient (Wildman–Crippen LogP) is 3.05. The van der Waals surface area contributed by atoms with Gasteiger partial charge in [-0.15, -0.1) is 0 Å². The third-order valence-corrected chi connectivity index (χ3v) is 7.43. The number of aryl methyl sites for hydroxylation is 2. The second kappa shape index (κ2) is 9.39. The molecule has 5 heterocycles. The topological polar surface area (TPSA) is 100 Å². The molecule has 1 fully saturated rings. The van der Waals surface area contributed by atoms with Crippen molar-refractivity contribution in [3.05, 3.63) is 52.3 Å². The molecular formula is C26H33N9O. The molecule has 0 saturated carbocycles. The Morgan fingerprint density at radius 2 is 2.03 bits per heavy atom. The lowest BCUT2D eigenvalue weighted by Gasteiger charge is -2.49. The molecule has 1 aliphatic heterocycles. The summed E-state index contributed by atoms with van der Waals surface area (Å²) in [4.78, 5) is 22.7. The Kier molecular flexibility index (Phi) is 6.26. The lowest BCUT2D eigenvalue weighted by Crippen LogP contribution is -2.58. The van der Waals surface area contributed by atoms with Crippen LogP contribution in [0.4, 0.5) is 5.69 Å². The maximum absolute atomic E-state index is 12.8. The number of aromatic nitrogens is 6. The standard InChI is InChI=1S/C26H33N9O/c1-6-19-15-33(22-13-25(36)31(5)23-16-32(11-9-27)30-26(22)23)18(4)14-34(19)21(7-2)20-8-10-35-24(28-20)12-17(3)29-35/h8,10,12-13,16,18-19,21H,6-7,11,14-15H2,1-5H3/t18-,19+,21-/m0/s1. The first-order valence-corrected chi connectivity index (χ1v) is 12.6. The molecule has 0 unspecified atom stereocenters. The van der Waals surface area contributed by atoms with Gasteiger partial charge in [-0.25, -0.2) is 9.50 Å². The summed E-state index contributed by atoms with van der Waals surface area (Å²) >= 11 is 0. The van der Waals surface area contributed by atoms with Gasteiger partial charge in [0, 0.05) is 50.6 Å². The van der Waals surface area contributed by atoms with Gasteiger partial charge in [0.1, 0.15) is 12.1 Å². The average Bonchev–Trinajstić information content (AvgIpc) is 3.45. The Bertz CT molecular complexity index is 1510. The van der Waals surface area contributed by atoms with Crippen molar-refractivity contribution in [2.24, 2.45) is 7.05 Å². The highest BCUT2D eigenvalue weighted by Gasteiger charge is 2.36. The highest BCUT2D eigenvalue weighted by atomic mass is 16.1. The second-order valence-corrected chi connectivity index (χ2v) is 9.77. The molecule has 188 valence electrons.